The molecule has 6 nitrogen and oxygen atoms in total. The fourth-order valence-corrected chi connectivity index (χ4v) is 4.01. The Morgan fingerprint density at radius 3 is 2.52 bits per heavy atom. The first-order chi connectivity index (χ1) is 13.8. The largest absolute Gasteiger partial charge is 0.449 e. The summed E-state index contributed by atoms with van der Waals surface area (Å²) in [6, 6.07) is 14.2. The number of rotatable bonds is 5. The second kappa shape index (κ2) is 8.29. The van der Waals surface area contributed by atoms with Gasteiger partial charge in [-0.15, -0.1) is 11.8 Å². The number of esters is 1. The molecule has 0 aromatic heterocycles. The van der Waals surface area contributed by atoms with Gasteiger partial charge in [-0.2, -0.15) is 0 Å². The maximum Gasteiger partial charge on any atom is 0.340 e. The van der Waals surface area contributed by atoms with Crippen LogP contribution >= 0.6 is 11.8 Å². The Morgan fingerprint density at radius 1 is 1.14 bits per heavy atom. The third kappa shape index (κ3) is 4.00. The molecule has 0 unspecified atom stereocenters. The molecule has 2 aromatic carbocycles. The van der Waals surface area contributed by atoms with Crippen LogP contribution in [0, 0.1) is 0 Å². The van der Waals surface area contributed by atoms with Crippen LogP contribution in [0.4, 0.5) is 11.4 Å². The molecule has 0 aliphatic carbocycles. The summed E-state index contributed by atoms with van der Waals surface area (Å²) in [5.74, 6) is -0.499. The molecule has 1 atom stereocenters. The minimum atomic E-state index is -1.12. The fraction of sp³-hybridized carbons (Fsp3) is 0.318. The number of anilines is 2. The normalized spacial score (nSPS) is 15.9. The van der Waals surface area contributed by atoms with E-state index in [1.54, 1.807) is 50.2 Å². The van der Waals surface area contributed by atoms with Gasteiger partial charge in [0.2, 0.25) is 5.91 Å². The number of para-hydroxylation sites is 2. The van der Waals surface area contributed by atoms with Crippen molar-refractivity contribution in [1.29, 1.82) is 0 Å². The van der Waals surface area contributed by atoms with Gasteiger partial charge in [-0.3, -0.25) is 14.5 Å². The van der Waals surface area contributed by atoms with Crippen molar-refractivity contribution in [3.63, 3.8) is 0 Å². The maximum absolute atomic E-state index is 13.3. The number of carbonyl (C=O) groups excluding carboxylic acids is 3. The highest BCUT2D eigenvalue weighted by Gasteiger charge is 2.45. The predicted octanol–water partition coefficient (Wildman–Crippen LogP) is 4.11. The number of fused-ring (bicyclic) bond motifs is 1. The fourth-order valence-electron chi connectivity index (χ4n) is 3.22. The molecule has 3 rings (SSSR count). The summed E-state index contributed by atoms with van der Waals surface area (Å²) in [6.07, 6.45) is -1.06. The summed E-state index contributed by atoms with van der Waals surface area (Å²) in [5.41, 5.74) is 0.428. The highest BCUT2D eigenvalue weighted by atomic mass is 32.2. The molecular formula is C22H24N2O4S. The summed E-state index contributed by atoms with van der Waals surface area (Å²) in [7, 11) is 0. The number of ether oxygens (including phenoxy) is 1. The van der Waals surface area contributed by atoms with Crippen LogP contribution in [0.5, 0.6) is 0 Å². The molecule has 7 heteroatoms. The number of amides is 2. The van der Waals surface area contributed by atoms with Gasteiger partial charge in [0.1, 0.15) is 5.54 Å². The van der Waals surface area contributed by atoms with Crippen molar-refractivity contribution >= 4 is 40.9 Å². The van der Waals surface area contributed by atoms with Gasteiger partial charge in [0.05, 0.1) is 16.9 Å². The van der Waals surface area contributed by atoms with Gasteiger partial charge < -0.3 is 10.1 Å². The van der Waals surface area contributed by atoms with Crippen molar-refractivity contribution in [3.05, 3.63) is 54.1 Å². The third-order valence-corrected chi connectivity index (χ3v) is 5.72. The van der Waals surface area contributed by atoms with E-state index >= 15 is 0 Å². The van der Waals surface area contributed by atoms with E-state index < -0.39 is 23.5 Å². The standard InChI is InChI=1S/C22H24N2O4S/c1-5-29-18-13-9-6-10-15(18)20(26)28-14(2)19(25)24-17-12-8-7-11-16(17)23-21(27)22(24,3)4/h6-14H,5H2,1-4H3,(H,23,27)/t14-/m1/s1. The summed E-state index contributed by atoms with van der Waals surface area (Å²) in [6.45, 7) is 6.86. The van der Waals surface area contributed by atoms with Crippen molar-refractivity contribution in [2.24, 2.45) is 0 Å². The maximum atomic E-state index is 13.3. The molecule has 0 bridgehead atoms. The van der Waals surface area contributed by atoms with Gasteiger partial charge >= 0.3 is 5.97 Å². The van der Waals surface area contributed by atoms with Crippen LogP contribution in [-0.4, -0.2) is 35.2 Å². The predicted molar refractivity (Wildman–Crippen MR) is 114 cm³/mol. The summed E-state index contributed by atoms with van der Waals surface area (Å²) >= 11 is 1.54. The van der Waals surface area contributed by atoms with Crippen LogP contribution in [0.2, 0.25) is 0 Å². The number of hydrogen-bond donors (Lipinski definition) is 1. The van der Waals surface area contributed by atoms with E-state index in [1.807, 2.05) is 19.1 Å². The zero-order valence-electron chi connectivity index (χ0n) is 16.9. The Bertz CT molecular complexity index is 957. The van der Waals surface area contributed by atoms with Crippen molar-refractivity contribution < 1.29 is 19.1 Å². The van der Waals surface area contributed by atoms with E-state index in [2.05, 4.69) is 5.32 Å². The van der Waals surface area contributed by atoms with E-state index in [-0.39, 0.29) is 5.91 Å². The van der Waals surface area contributed by atoms with Gasteiger partial charge in [-0.05, 0) is 50.8 Å². The van der Waals surface area contributed by atoms with Gasteiger partial charge in [0, 0.05) is 4.90 Å². The first-order valence-electron chi connectivity index (χ1n) is 9.44. The average molecular weight is 413 g/mol. The van der Waals surface area contributed by atoms with Crippen LogP contribution in [0.15, 0.2) is 53.4 Å². The zero-order valence-corrected chi connectivity index (χ0v) is 17.7. The molecule has 29 heavy (non-hydrogen) atoms. The number of thioether (sulfide) groups is 1. The number of benzene rings is 2. The number of hydrogen-bond acceptors (Lipinski definition) is 5. The lowest BCUT2D eigenvalue weighted by atomic mass is 9.95. The van der Waals surface area contributed by atoms with Crippen molar-refractivity contribution in [1.82, 2.24) is 0 Å². The van der Waals surface area contributed by atoms with E-state index in [0.717, 1.165) is 10.6 Å². The molecule has 0 saturated heterocycles. The van der Waals surface area contributed by atoms with Gasteiger partial charge in [0.15, 0.2) is 6.10 Å². The van der Waals surface area contributed by atoms with Crippen LogP contribution in [-0.2, 0) is 14.3 Å². The smallest absolute Gasteiger partial charge is 0.340 e. The van der Waals surface area contributed by atoms with Gasteiger partial charge in [0.25, 0.3) is 5.91 Å². The quantitative estimate of drug-likeness (QED) is 0.591. The Hall–Kier alpha value is -2.80. The van der Waals surface area contributed by atoms with Gasteiger partial charge in [-0.25, -0.2) is 4.79 Å². The Morgan fingerprint density at radius 2 is 1.79 bits per heavy atom. The second-order valence-corrected chi connectivity index (χ2v) is 8.49. The monoisotopic (exact) mass is 412 g/mol. The molecule has 0 radical (unpaired) electrons. The molecule has 0 saturated carbocycles. The number of nitrogens with one attached hydrogen (secondary N) is 1. The minimum absolute atomic E-state index is 0.298. The van der Waals surface area contributed by atoms with Gasteiger partial charge in [-0.1, -0.05) is 31.2 Å². The number of carbonyl (C=O) groups is 3. The molecule has 2 aromatic rings. The molecule has 1 aliphatic heterocycles. The Balaban J connectivity index is 1.86. The number of nitrogens with zero attached hydrogens (tertiary/aromatic N) is 1. The first-order valence-corrected chi connectivity index (χ1v) is 10.4. The Kier molecular flexibility index (Phi) is 5.98. The van der Waals surface area contributed by atoms with Crippen molar-refractivity contribution in [3.8, 4) is 0 Å². The molecule has 1 heterocycles. The zero-order chi connectivity index (χ0) is 21.2. The summed E-state index contributed by atoms with van der Waals surface area (Å²) in [5, 5.41) is 2.82. The molecule has 0 fully saturated rings. The van der Waals surface area contributed by atoms with Crippen LogP contribution in [0.1, 0.15) is 38.1 Å². The first kappa shape index (κ1) is 20.9. The van der Waals surface area contributed by atoms with E-state index in [1.165, 1.54) is 23.6 Å². The highest BCUT2D eigenvalue weighted by Crippen LogP contribution is 2.37. The Labute approximate surface area is 174 Å². The molecule has 1 N–H and O–H groups in total. The van der Waals surface area contributed by atoms with E-state index in [9.17, 15) is 14.4 Å². The van der Waals surface area contributed by atoms with Crippen molar-refractivity contribution in [2.45, 2.75) is 44.2 Å². The second-order valence-electron chi connectivity index (χ2n) is 7.18. The van der Waals surface area contributed by atoms with Crippen LogP contribution in [0.25, 0.3) is 0 Å². The third-order valence-electron chi connectivity index (χ3n) is 4.77. The SMILES string of the molecule is CCSc1ccccc1C(=O)O[C@H](C)C(=O)N1c2ccccc2NC(=O)C1(C)C. The van der Waals surface area contributed by atoms with Crippen molar-refractivity contribution in [2.75, 3.05) is 16.0 Å². The molecule has 1 aliphatic rings. The van der Waals surface area contributed by atoms with Crippen LogP contribution in [0.3, 0.4) is 0 Å². The summed E-state index contributed by atoms with van der Waals surface area (Å²) < 4.78 is 5.51. The minimum Gasteiger partial charge on any atom is -0.449 e. The highest BCUT2D eigenvalue weighted by molar-refractivity contribution is 7.99. The molecule has 2 amide bonds. The topological polar surface area (TPSA) is 75.7 Å². The lowest BCUT2D eigenvalue weighted by molar-refractivity contribution is -0.131. The molecular weight excluding hydrogens is 388 g/mol. The van der Waals surface area contributed by atoms with Crippen LogP contribution < -0.4 is 10.2 Å². The molecule has 0 spiro atoms. The molecule has 152 valence electrons. The summed E-state index contributed by atoms with van der Waals surface area (Å²) in [4.78, 5) is 40.8. The van der Waals surface area contributed by atoms with E-state index in [4.69, 9.17) is 4.74 Å². The lowest BCUT2D eigenvalue weighted by Crippen LogP contribution is -2.60. The lowest BCUT2D eigenvalue weighted by Gasteiger charge is -2.42. The van der Waals surface area contributed by atoms with E-state index in [0.29, 0.717) is 16.9 Å². The average Bonchev–Trinajstić information content (AvgIpc) is 2.69.